The van der Waals surface area contributed by atoms with Crippen LogP contribution in [0, 0.1) is 0 Å². The maximum atomic E-state index is 9.61. The average Bonchev–Trinajstić information content (AvgIpc) is 2.69. The number of nitrogens with zero attached hydrogens (tertiary/aromatic N) is 1. The van der Waals surface area contributed by atoms with Gasteiger partial charge in [-0.3, -0.25) is 0 Å². The Kier molecular flexibility index (Phi) is 3.46. The molecule has 1 heterocycles. The lowest BCUT2D eigenvalue weighted by Crippen LogP contribution is -2.06. The third-order valence-corrected chi connectivity index (χ3v) is 3.36. The summed E-state index contributed by atoms with van der Waals surface area (Å²) in [4.78, 5) is 0. The summed E-state index contributed by atoms with van der Waals surface area (Å²) in [7, 11) is 0. The fourth-order valence-corrected chi connectivity index (χ4v) is 2.17. The molecular formula is C13H14BrNO. The Morgan fingerprint density at radius 1 is 1.25 bits per heavy atom. The molecule has 0 spiro atoms. The van der Waals surface area contributed by atoms with Gasteiger partial charge in [-0.05, 0) is 30.7 Å². The van der Waals surface area contributed by atoms with Crippen LogP contribution in [0.15, 0.2) is 47.1 Å². The fraction of sp³-hybridized carbons (Fsp3) is 0.231. The third-order valence-electron chi connectivity index (χ3n) is 2.59. The van der Waals surface area contributed by atoms with Crippen LogP contribution in [-0.4, -0.2) is 9.67 Å². The zero-order valence-electron chi connectivity index (χ0n) is 9.10. The van der Waals surface area contributed by atoms with E-state index in [9.17, 15) is 5.11 Å². The second-order valence-corrected chi connectivity index (χ2v) is 4.68. The lowest BCUT2D eigenvalue weighted by atomic mass is 10.2. The topological polar surface area (TPSA) is 25.2 Å². The Morgan fingerprint density at radius 3 is 2.69 bits per heavy atom. The lowest BCUT2D eigenvalue weighted by molar-refractivity contribution is 0.190. The van der Waals surface area contributed by atoms with Gasteiger partial charge in [0.25, 0.3) is 0 Å². The van der Waals surface area contributed by atoms with Gasteiger partial charge in [0.05, 0.1) is 6.10 Å². The van der Waals surface area contributed by atoms with Crippen LogP contribution in [0.4, 0.5) is 0 Å². The molecule has 1 aromatic heterocycles. The Morgan fingerprint density at radius 2 is 2.00 bits per heavy atom. The molecule has 2 aromatic rings. The number of hydrogen-bond acceptors (Lipinski definition) is 1. The Labute approximate surface area is 104 Å². The number of rotatable bonds is 3. The van der Waals surface area contributed by atoms with Crippen molar-refractivity contribution in [1.82, 2.24) is 4.57 Å². The van der Waals surface area contributed by atoms with Crippen LogP contribution in [-0.2, 0) is 6.54 Å². The van der Waals surface area contributed by atoms with E-state index in [0.717, 1.165) is 16.7 Å². The van der Waals surface area contributed by atoms with Crippen molar-refractivity contribution in [1.29, 1.82) is 0 Å². The smallest absolute Gasteiger partial charge is 0.0911 e. The first-order chi connectivity index (χ1) is 7.68. The predicted molar refractivity (Wildman–Crippen MR) is 68.3 cm³/mol. The van der Waals surface area contributed by atoms with Crippen LogP contribution in [0.5, 0.6) is 0 Å². The number of benzene rings is 1. The predicted octanol–water partition coefficient (Wildman–Crippen LogP) is 3.35. The van der Waals surface area contributed by atoms with Crippen LogP contribution < -0.4 is 0 Å². The van der Waals surface area contributed by atoms with Crippen LogP contribution in [0.3, 0.4) is 0 Å². The Balaban J connectivity index is 2.27. The molecule has 84 valence electrons. The van der Waals surface area contributed by atoms with Crippen molar-refractivity contribution in [3.8, 4) is 0 Å². The van der Waals surface area contributed by atoms with Gasteiger partial charge in [0.1, 0.15) is 0 Å². The second-order valence-electron chi connectivity index (χ2n) is 3.83. The first-order valence-electron chi connectivity index (χ1n) is 5.25. The van der Waals surface area contributed by atoms with Gasteiger partial charge in [0.2, 0.25) is 0 Å². The second kappa shape index (κ2) is 4.85. The SMILES string of the molecule is CC(O)c1cccn1Cc1ccccc1Br. The minimum Gasteiger partial charge on any atom is -0.387 e. The quantitative estimate of drug-likeness (QED) is 0.916. The van der Waals surface area contributed by atoms with E-state index in [1.165, 1.54) is 5.56 Å². The van der Waals surface area contributed by atoms with E-state index in [1.807, 2.05) is 36.5 Å². The van der Waals surface area contributed by atoms with E-state index in [0.29, 0.717) is 0 Å². The van der Waals surface area contributed by atoms with Crippen LogP contribution >= 0.6 is 15.9 Å². The third kappa shape index (κ3) is 2.36. The van der Waals surface area contributed by atoms with E-state index in [-0.39, 0.29) is 0 Å². The van der Waals surface area contributed by atoms with E-state index >= 15 is 0 Å². The van der Waals surface area contributed by atoms with Crippen molar-refractivity contribution in [3.05, 3.63) is 58.3 Å². The van der Waals surface area contributed by atoms with E-state index in [2.05, 4.69) is 26.6 Å². The molecule has 0 fully saturated rings. The van der Waals surface area contributed by atoms with Crippen molar-refractivity contribution in [3.63, 3.8) is 0 Å². The lowest BCUT2D eigenvalue weighted by Gasteiger charge is -2.12. The molecule has 2 nitrogen and oxygen atoms in total. The molecule has 0 aliphatic carbocycles. The number of hydrogen-bond donors (Lipinski definition) is 1. The first kappa shape index (κ1) is 11.4. The highest BCUT2D eigenvalue weighted by molar-refractivity contribution is 9.10. The van der Waals surface area contributed by atoms with E-state index in [1.54, 1.807) is 6.92 Å². The van der Waals surface area contributed by atoms with Gasteiger partial charge < -0.3 is 9.67 Å². The number of aliphatic hydroxyl groups excluding tert-OH is 1. The average molecular weight is 280 g/mol. The fourth-order valence-electron chi connectivity index (χ4n) is 1.76. The molecule has 16 heavy (non-hydrogen) atoms. The summed E-state index contributed by atoms with van der Waals surface area (Å²) in [6.45, 7) is 2.56. The summed E-state index contributed by atoms with van der Waals surface area (Å²) in [6.07, 6.45) is 1.55. The molecule has 0 saturated carbocycles. The normalized spacial score (nSPS) is 12.7. The molecule has 1 unspecified atom stereocenters. The zero-order chi connectivity index (χ0) is 11.5. The van der Waals surface area contributed by atoms with Crippen molar-refractivity contribution in [2.45, 2.75) is 19.6 Å². The van der Waals surface area contributed by atoms with E-state index in [4.69, 9.17) is 0 Å². The van der Waals surface area contributed by atoms with E-state index < -0.39 is 6.10 Å². The molecule has 1 N–H and O–H groups in total. The maximum Gasteiger partial charge on any atom is 0.0911 e. The number of aromatic nitrogens is 1. The first-order valence-corrected chi connectivity index (χ1v) is 6.04. The van der Waals surface area contributed by atoms with Gasteiger partial charge in [0, 0.05) is 22.9 Å². The summed E-state index contributed by atoms with van der Waals surface area (Å²) in [5.74, 6) is 0. The number of halogens is 1. The van der Waals surface area contributed by atoms with Gasteiger partial charge in [-0.2, -0.15) is 0 Å². The zero-order valence-corrected chi connectivity index (χ0v) is 10.7. The molecule has 1 atom stereocenters. The highest BCUT2D eigenvalue weighted by Crippen LogP contribution is 2.20. The van der Waals surface area contributed by atoms with Crippen molar-refractivity contribution >= 4 is 15.9 Å². The van der Waals surface area contributed by atoms with Gasteiger partial charge in [-0.25, -0.2) is 0 Å². The van der Waals surface area contributed by atoms with Crippen LogP contribution in [0.1, 0.15) is 24.3 Å². The molecule has 2 rings (SSSR count). The maximum absolute atomic E-state index is 9.61. The summed E-state index contributed by atoms with van der Waals surface area (Å²) in [6, 6.07) is 12.0. The molecule has 0 bridgehead atoms. The van der Waals surface area contributed by atoms with Gasteiger partial charge in [-0.1, -0.05) is 34.1 Å². The molecular weight excluding hydrogens is 266 g/mol. The molecule has 0 aliphatic rings. The summed E-state index contributed by atoms with van der Waals surface area (Å²) in [5.41, 5.74) is 2.15. The van der Waals surface area contributed by atoms with Crippen LogP contribution in [0.25, 0.3) is 0 Å². The number of aliphatic hydroxyl groups is 1. The standard InChI is InChI=1S/C13H14BrNO/c1-10(16)13-7-4-8-15(13)9-11-5-2-3-6-12(11)14/h2-8,10,16H,9H2,1H3. The van der Waals surface area contributed by atoms with Gasteiger partial charge >= 0.3 is 0 Å². The summed E-state index contributed by atoms with van der Waals surface area (Å²) >= 11 is 3.53. The summed E-state index contributed by atoms with van der Waals surface area (Å²) in [5, 5.41) is 9.61. The molecule has 0 radical (unpaired) electrons. The Hall–Kier alpha value is -1.06. The largest absolute Gasteiger partial charge is 0.387 e. The monoisotopic (exact) mass is 279 g/mol. The molecule has 3 heteroatoms. The van der Waals surface area contributed by atoms with Crippen molar-refractivity contribution < 1.29 is 5.11 Å². The molecule has 0 aliphatic heterocycles. The van der Waals surface area contributed by atoms with Gasteiger partial charge in [0.15, 0.2) is 0 Å². The highest BCUT2D eigenvalue weighted by atomic mass is 79.9. The Bertz CT molecular complexity index is 476. The minimum absolute atomic E-state index is 0.433. The summed E-state index contributed by atoms with van der Waals surface area (Å²) < 4.78 is 3.16. The molecule has 0 saturated heterocycles. The molecule has 0 amide bonds. The van der Waals surface area contributed by atoms with Crippen molar-refractivity contribution in [2.75, 3.05) is 0 Å². The molecule has 1 aromatic carbocycles. The highest BCUT2D eigenvalue weighted by Gasteiger charge is 2.07. The van der Waals surface area contributed by atoms with Crippen molar-refractivity contribution in [2.24, 2.45) is 0 Å². The van der Waals surface area contributed by atoms with Gasteiger partial charge in [-0.15, -0.1) is 0 Å². The minimum atomic E-state index is -0.433. The van der Waals surface area contributed by atoms with Crippen LogP contribution in [0.2, 0.25) is 0 Å².